The Balaban J connectivity index is 5.19. The van der Waals surface area contributed by atoms with Gasteiger partial charge in [0.15, 0.2) is 0 Å². The van der Waals surface area contributed by atoms with Crippen molar-refractivity contribution in [2.45, 2.75) is 303 Å². The summed E-state index contributed by atoms with van der Waals surface area (Å²) in [7, 11) is 1.16. The molecule has 9 nitrogen and oxygen atoms in total. The molecule has 0 saturated heterocycles. The summed E-state index contributed by atoms with van der Waals surface area (Å²) >= 11 is 0. The second-order valence-electron chi connectivity index (χ2n) is 22.9. The van der Waals surface area contributed by atoms with Crippen molar-refractivity contribution < 1.29 is 37.3 Å². The minimum atomic E-state index is -4.71. The van der Waals surface area contributed by atoms with Gasteiger partial charge in [-0.05, 0) is 96.0 Å². The van der Waals surface area contributed by atoms with Gasteiger partial charge in [-0.2, -0.15) is 0 Å². The van der Waals surface area contributed by atoms with E-state index in [-0.39, 0.29) is 18.9 Å². The predicted octanol–water partition coefficient (Wildman–Crippen LogP) is 19.4. The van der Waals surface area contributed by atoms with Gasteiger partial charge in [0.2, 0.25) is 5.91 Å². The normalized spacial score (nSPS) is 14.1. The van der Waals surface area contributed by atoms with Gasteiger partial charge in [-0.15, -0.1) is 0 Å². The summed E-state index contributed by atoms with van der Waals surface area (Å²) in [5.41, 5.74) is 0. The average molecular weight is 1100 g/mol. The molecular formula is C67H123N2O7P. The molecule has 0 aliphatic rings. The maximum Gasteiger partial charge on any atom is 0.306 e. The smallest absolute Gasteiger partial charge is 0.306 e. The molecule has 0 heterocycles. The summed E-state index contributed by atoms with van der Waals surface area (Å²) in [4.78, 5) is 40.0. The highest BCUT2D eigenvalue weighted by Gasteiger charge is 2.27. The fraction of sp³-hybridized carbons (Fsp3) is 0.791. The highest BCUT2D eigenvalue weighted by molar-refractivity contribution is 7.45. The first kappa shape index (κ1) is 74.5. The van der Waals surface area contributed by atoms with E-state index in [1.165, 1.54) is 186 Å². The Kier molecular flexibility index (Phi) is 54.8. The van der Waals surface area contributed by atoms with Crippen LogP contribution in [0, 0.1) is 0 Å². The maximum atomic E-state index is 13.5. The van der Waals surface area contributed by atoms with E-state index in [2.05, 4.69) is 86.8 Å². The number of phosphoric ester groups is 1. The highest BCUT2D eigenvalue weighted by atomic mass is 31.2. The molecule has 0 bridgehead atoms. The van der Waals surface area contributed by atoms with Crippen molar-refractivity contribution in [3.8, 4) is 0 Å². The van der Waals surface area contributed by atoms with E-state index >= 15 is 0 Å². The molecule has 3 atom stereocenters. The third kappa shape index (κ3) is 57.9. The number of hydrogen-bond donors (Lipinski definition) is 1. The number of likely N-dealkylation sites (N-methyl/N-ethyl adjacent to an activating group) is 1. The van der Waals surface area contributed by atoms with Crippen molar-refractivity contribution >= 4 is 19.7 Å². The number of phosphoric acid groups is 1. The molecule has 0 spiro atoms. The quantitative estimate of drug-likeness (QED) is 0.0212. The zero-order valence-electron chi connectivity index (χ0n) is 51.2. The van der Waals surface area contributed by atoms with Crippen LogP contribution in [-0.4, -0.2) is 69.4 Å². The standard InChI is InChI=1S/C67H123N2O7P/c1-7-10-13-16-19-22-25-27-29-31-32-33-34-35-36-38-39-41-44-47-50-53-56-59-66(70)68-64(63-75-77(72,73)74-62-61-69(4,5)6)65(58-55-52-49-46-43-24-21-18-15-12-9-3)76-67(71)60-57-54-51-48-45-42-40-37-30-28-26-23-20-17-14-11-8-2/h20,23,27-30,40,42,48,51,55,58,64-65H,7-19,21-22,24-26,31-39,41,43-47,49-50,52-54,56-57,59-63H2,1-6H3,(H-,68,70,72,73)/b23-20-,29-27+,30-28-,42-40-,51-48-,58-55-. The van der Waals surface area contributed by atoms with E-state index in [4.69, 9.17) is 13.8 Å². The van der Waals surface area contributed by atoms with Crippen LogP contribution in [0.3, 0.4) is 0 Å². The first-order valence-corrected chi connectivity index (χ1v) is 33.7. The summed E-state index contributed by atoms with van der Waals surface area (Å²) in [5.74, 6) is -0.603. The number of hydrogen-bond acceptors (Lipinski definition) is 7. The Morgan fingerprint density at radius 1 is 0.455 bits per heavy atom. The van der Waals surface area contributed by atoms with Crippen molar-refractivity contribution in [2.24, 2.45) is 0 Å². The van der Waals surface area contributed by atoms with Gasteiger partial charge in [0, 0.05) is 12.8 Å². The number of amides is 1. The van der Waals surface area contributed by atoms with Gasteiger partial charge in [0.05, 0.1) is 33.8 Å². The summed E-state index contributed by atoms with van der Waals surface area (Å²) in [6.45, 7) is 6.78. The lowest BCUT2D eigenvalue weighted by molar-refractivity contribution is -0.870. The lowest BCUT2D eigenvalue weighted by atomic mass is 10.0. The SMILES string of the molecule is CCCCC/C=C\C/C=C\C/C=C\C/C=C\CCCC(=O)OC(/C=C\CCCCCCCCCCC)C(COP(=O)([O-])OCC[N+](C)(C)C)NC(=O)CCCCCCCCCCCCCCC/C=C/CCCCCCCC. The number of esters is 1. The third-order valence-corrected chi connectivity index (χ3v) is 15.1. The fourth-order valence-corrected chi connectivity index (χ4v) is 9.82. The molecule has 448 valence electrons. The fourth-order valence-electron chi connectivity index (χ4n) is 9.10. The molecule has 0 aliphatic carbocycles. The van der Waals surface area contributed by atoms with Crippen LogP contribution >= 0.6 is 7.82 Å². The van der Waals surface area contributed by atoms with Gasteiger partial charge in [-0.25, -0.2) is 0 Å². The van der Waals surface area contributed by atoms with Crippen LogP contribution in [0.4, 0.5) is 0 Å². The predicted molar refractivity (Wildman–Crippen MR) is 330 cm³/mol. The van der Waals surface area contributed by atoms with Gasteiger partial charge in [0.25, 0.3) is 7.82 Å². The molecule has 1 amide bonds. The van der Waals surface area contributed by atoms with Gasteiger partial charge in [-0.1, -0.05) is 255 Å². The lowest BCUT2D eigenvalue weighted by Gasteiger charge is -2.30. The maximum absolute atomic E-state index is 13.5. The minimum Gasteiger partial charge on any atom is -0.756 e. The second-order valence-corrected chi connectivity index (χ2v) is 24.3. The minimum absolute atomic E-state index is 0.0321. The van der Waals surface area contributed by atoms with E-state index in [0.29, 0.717) is 23.9 Å². The molecule has 0 saturated carbocycles. The highest BCUT2D eigenvalue weighted by Crippen LogP contribution is 2.38. The van der Waals surface area contributed by atoms with Crippen molar-refractivity contribution in [2.75, 3.05) is 40.9 Å². The molecule has 0 aliphatic heterocycles. The number of unbranched alkanes of at least 4 members (excludes halogenated alkanes) is 32. The molecule has 0 aromatic carbocycles. The van der Waals surface area contributed by atoms with Gasteiger partial charge in [0.1, 0.15) is 19.3 Å². The molecule has 77 heavy (non-hydrogen) atoms. The van der Waals surface area contributed by atoms with Crippen LogP contribution in [0.25, 0.3) is 0 Å². The number of carbonyl (C=O) groups is 2. The average Bonchev–Trinajstić information content (AvgIpc) is 3.39. The topological polar surface area (TPSA) is 114 Å². The van der Waals surface area contributed by atoms with Crippen molar-refractivity contribution in [3.05, 3.63) is 72.9 Å². The molecule has 0 fully saturated rings. The molecule has 0 rings (SSSR count). The molecule has 1 N–H and O–H groups in total. The van der Waals surface area contributed by atoms with Crippen molar-refractivity contribution in [1.29, 1.82) is 0 Å². The van der Waals surface area contributed by atoms with E-state index in [0.717, 1.165) is 64.2 Å². The first-order chi connectivity index (χ1) is 37.4. The Bertz CT molecular complexity index is 1550. The second kappa shape index (κ2) is 56.7. The monoisotopic (exact) mass is 1100 g/mol. The van der Waals surface area contributed by atoms with Crippen LogP contribution < -0.4 is 10.2 Å². The van der Waals surface area contributed by atoms with Crippen molar-refractivity contribution in [1.82, 2.24) is 5.32 Å². The van der Waals surface area contributed by atoms with E-state index in [9.17, 15) is 19.0 Å². The molecule has 0 radical (unpaired) electrons. The number of carbonyl (C=O) groups excluding carboxylic acids is 2. The number of ether oxygens (including phenoxy) is 1. The van der Waals surface area contributed by atoms with Crippen LogP contribution in [0.2, 0.25) is 0 Å². The Morgan fingerprint density at radius 3 is 1.25 bits per heavy atom. The Hall–Kier alpha value is -2.55. The lowest BCUT2D eigenvalue weighted by Crippen LogP contribution is -2.47. The Labute approximate surface area is 476 Å². The molecule has 0 aromatic heterocycles. The number of nitrogens with one attached hydrogen (secondary N) is 1. The van der Waals surface area contributed by atoms with E-state index in [1.54, 1.807) is 0 Å². The largest absolute Gasteiger partial charge is 0.756 e. The van der Waals surface area contributed by atoms with Crippen molar-refractivity contribution in [3.63, 3.8) is 0 Å². The third-order valence-electron chi connectivity index (χ3n) is 14.1. The summed E-state index contributed by atoms with van der Waals surface area (Å²) in [6.07, 6.45) is 73.1. The zero-order valence-corrected chi connectivity index (χ0v) is 52.0. The summed E-state index contributed by atoms with van der Waals surface area (Å²) < 4.78 is 30.3. The first-order valence-electron chi connectivity index (χ1n) is 32.2. The molecule has 10 heteroatoms. The molecular weight excluding hydrogens is 976 g/mol. The van der Waals surface area contributed by atoms with Crippen LogP contribution in [0.1, 0.15) is 290 Å². The van der Waals surface area contributed by atoms with Crippen LogP contribution in [0.5, 0.6) is 0 Å². The van der Waals surface area contributed by atoms with Crippen LogP contribution in [0.15, 0.2) is 72.9 Å². The number of rotatable bonds is 58. The van der Waals surface area contributed by atoms with Gasteiger partial charge < -0.3 is 28.5 Å². The van der Waals surface area contributed by atoms with E-state index in [1.807, 2.05) is 33.3 Å². The van der Waals surface area contributed by atoms with Crippen LogP contribution in [-0.2, 0) is 27.9 Å². The number of quaternary nitrogens is 1. The molecule has 3 unspecified atom stereocenters. The van der Waals surface area contributed by atoms with E-state index < -0.39 is 32.5 Å². The Morgan fingerprint density at radius 2 is 0.805 bits per heavy atom. The summed E-state index contributed by atoms with van der Waals surface area (Å²) in [6, 6.07) is -0.912. The molecule has 0 aromatic rings. The number of allylic oxidation sites excluding steroid dienone is 11. The van der Waals surface area contributed by atoms with Gasteiger partial charge >= 0.3 is 5.97 Å². The zero-order chi connectivity index (χ0) is 56.4. The number of nitrogens with zero attached hydrogens (tertiary/aromatic N) is 1. The van der Waals surface area contributed by atoms with Gasteiger partial charge in [-0.3, -0.25) is 14.2 Å². The summed E-state index contributed by atoms with van der Waals surface area (Å²) in [5, 5.41) is 3.02.